The van der Waals surface area contributed by atoms with Crippen LogP contribution in [0.5, 0.6) is 0 Å². The summed E-state index contributed by atoms with van der Waals surface area (Å²) in [5.74, 6) is -5.53. The molecule has 0 saturated carbocycles. The maximum absolute atomic E-state index is 12.2. The van der Waals surface area contributed by atoms with Gasteiger partial charge in [0.05, 0.1) is 20.9 Å². The molecule has 0 saturated heterocycles. The summed E-state index contributed by atoms with van der Waals surface area (Å²) in [6.45, 7) is -3.24. The van der Waals surface area contributed by atoms with Gasteiger partial charge in [-0.05, 0) is 30.4 Å². The minimum atomic E-state index is -2.33. The minimum absolute atomic E-state index is 0. The van der Waals surface area contributed by atoms with Crippen LogP contribution in [0, 0.1) is 20.2 Å². The van der Waals surface area contributed by atoms with Crippen molar-refractivity contribution < 1.29 is 202 Å². The molecule has 27 heteroatoms. The number of nitrogens with zero attached hydrogens (tertiary/aromatic N) is 6. The summed E-state index contributed by atoms with van der Waals surface area (Å²) in [6.07, 6.45) is -2.33. The number of benzene rings is 2. The molecule has 256 valence electrons. The summed E-state index contributed by atoms with van der Waals surface area (Å²) >= 11 is 11.5. The number of carbonyl (C=O) groups is 5. The molecule has 2 aromatic carbocycles. The number of carboxylic acid groups (broad SMARTS) is 6. The van der Waals surface area contributed by atoms with Gasteiger partial charge < -0.3 is 35.4 Å². The van der Waals surface area contributed by atoms with Crippen LogP contribution in [0.25, 0.3) is 22.1 Å². The monoisotopic (exact) mass is 984 g/mol. The molecular weight excluding hydrogens is 969 g/mol. The van der Waals surface area contributed by atoms with E-state index in [0.717, 1.165) is 21.3 Å². The van der Waals surface area contributed by atoms with Crippen LogP contribution in [0.1, 0.15) is 0 Å². The molecule has 23 nitrogen and oxygen atoms in total. The first kappa shape index (κ1) is 47.6. The van der Waals surface area contributed by atoms with Crippen LogP contribution >= 0.6 is 23.2 Å². The van der Waals surface area contributed by atoms with E-state index >= 15 is 0 Å². The third-order valence-electron chi connectivity index (χ3n) is 5.75. The van der Waals surface area contributed by atoms with Crippen molar-refractivity contribution in [2.24, 2.45) is 0 Å². The Hall–Kier alpha value is -2.39. The van der Waals surface area contributed by atoms with Crippen LogP contribution in [-0.4, -0.2) is 78.6 Å². The number of hydrogen-bond donors (Lipinski definition) is 4. The molecule has 2 aromatic heterocycles. The van der Waals surface area contributed by atoms with Crippen molar-refractivity contribution in [3.05, 3.63) is 75.5 Å². The minimum Gasteiger partial charge on any atom is -0.652 e. The molecule has 4 N–H and O–H groups in total. The van der Waals surface area contributed by atoms with Crippen LogP contribution in [-0.2, 0) is 45.4 Å². The maximum Gasteiger partial charge on any atom is 1.00 e. The molecule has 0 aliphatic heterocycles. The second-order valence-electron chi connectivity index (χ2n) is 8.78. The molecule has 0 amide bonds. The zero-order valence-electron chi connectivity index (χ0n) is 25.2. The van der Waals surface area contributed by atoms with E-state index in [0.29, 0.717) is 9.13 Å². The van der Waals surface area contributed by atoms with E-state index in [9.17, 15) is 49.0 Å². The van der Waals surface area contributed by atoms with E-state index in [1.165, 1.54) is 12.1 Å². The van der Waals surface area contributed by atoms with Crippen molar-refractivity contribution in [2.45, 2.75) is 26.2 Å². The standard InChI is InChI=1S/2C11H8ClN3O7.CH2O3.2Cs/c2*12-5-1-2-6-10(9(5)15(21)22)14(4-8(18)19)11(20)13(6)3-7(16)17;2-1(3)4;;/h2*1-2H,3-4H2,(H,16,17)(H,18,19);(H2,2,3,4);;/q;;;2*+1/p-2. The van der Waals surface area contributed by atoms with E-state index in [2.05, 4.69) is 0 Å². The molecule has 0 aliphatic carbocycles. The predicted octanol–water partition coefficient (Wildman–Crippen LogP) is -7.37. The maximum atomic E-state index is 12.2. The Bertz CT molecular complexity index is 1990. The molecule has 2 heterocycles. The second-order valence-corrected chi connectivity index (χ2v) is 9.59. The van der Waals surface area contributed by atoms with Gasteiger partial charge in [0.15, 0.2) is 11.0 Å². The molecule has 50 heavy (non-hydrogen) atoms. The third-order valence-corrected chi connectivity index (χ3v) is 6.36. The molecule has 0 bridgehead atoms. The SMILES string of the molecule is O=C(O)Cn1c(=O)n(CC(=O)O)c2c([N+](=O)[O-])c(Cl)ccc21.O=C(O)Cn1c(=O)n(CC(=O)O)c2c([N+](=O)[O-])c(Cl)ccc21.O=C([O-])[O-].[Cs+].[Cs+]. The number of imidazole rings is 2. The van der Waals surface area contributed by atoms with Crippen LogP contribution in [0.4, 0.5) is 16.2 Å². The number of carbonyl (C=O) groups excluding carboxylic acids is 1. The van der Waals surface area contributed by atoms with Crippen LogP contribution in [0.2, 0.25) is 10.0 Å². The number of aromatic nitrogens is 4. The normalized spacial score (nSPS) is 9.96. The fraction of sp³-hybridized carbons (Fsp3) is 0.174. The number of rotatable bonds is 10. The predicted molar refractivity (Wildman–Crippen MR) is 152 cm³/mol. The average Bonchev–Trinajstić information content (AvgIpc) is 3.32. The zero-order chi connectivity index (χ0) is 36.8. The molecular formula is C23H16Cl2Cs2N6O17. The van der Waals surface area contributed by atoms with Crippen LogP contribution in [0.3, 0.4) is 0 Å². The van der Waals surface area contributed by atoms with Gasteiger partial charge in [-0.25, -0.2) is 9.59 Å². The Morgan fingerprint density at radius 2 is 0.820 bits per heavy atom. The van der Waals surface area contributed by atoms with E-state index in [4.69, 9.17) is 58.6 Å². The summed E-state index contributed by atoms with van der Waals surface area (Å²) in [4.78, 5) is 96.7. The van der Waals surface area contributed by atoms with E-state index in [-0.39, 0.29) is 170 Å². The summed E-state index contributed by atoms with van der Waals surface area (Å²) in [5.41, 5.74) is -4.08. The first-order valence-corrected chi connectivity index (χ1v) is 12.8. The van der Waals surface area contributed by atoms with Gasteiger partial charge in [0.25, 0.3) is 0 Å². The Balaban J connectivity index is 0.000000837. The topological polar surface area (TPSA) is 353 Å². The van der Waals surface area contributed by atoms with Gasteiger partial charge in [-0.15, -0.1) is 0 Å². The van der Waals surface area contributed by atoms with Crippen molar-refractivity contribution >= 4 is 86.7 Å². The van der Waals surface area contributed by atoms with Crippen molar-refractivity contribution in [1.82, 2.24) is 18.3 Å². The van der Waals surface area contributed by atoms with Gasteiger partial charge >= 0.3 is 184 Å². The fourth-order valence-electron chi connectivity index (χ4n) is 4.23. The first-order valence-electron chi connectivity index (χ1n) is 12.1. The first-order chi connectivity index (χ1) is 22.2. The Morgan fingerprint density at radius 3 is 1.04 bits per heavy atom. The van der Waals surface area contributed by atoms with Gasteiger partial charge in [0, 0.05) is 0 Å². The quantitative estimate of drug-likeness (QED) is 0.0847. The summed E-state index contributed by atoms with van der Waals surface area (Å²) in [7, 11) is 0. The second kappa shape index (κ2) is 20.6. The summed E-state index contributed by atoms with van der Waals surface area (Å²) < 4.78 is 2.71. The van der Waals surface area contributed by atoms with E-state index in [1.54, 1.807) is 0 Å². The summed E-state index contributed by atoms with van der Waals surface area (Å²) in [6, 6.07) is 4.75. The van der Waals surface area contributed by atoms with Gasteiger partial charge in [0.1, 0.15) is 36.2 Å². The van der Waals surface area contributed by atoms with Crippen molar-refractivity contribution in [2.75, 3.05) is 0 Å². The molecule has 4 aromatic rings. The average molecular weight is 985 g/mol. The molecule has 0 atom stereocenters. The van der Waals surface area contributed by atoms with Crippen molar-refractivity contribution in [3.8, 4) is 0 Å². The van der Waals surface area contributed by atoms with Gasteiger partial charge in [-0.2, -0.15) is 0 Å². The van der Waals surface area contributed by atoms with Crippen molar-refractivity contribution in [1.29, 1.82) is 0 Å². The zero-order valence-corrected chi connectivity index (χ0v) is 39.2. The Labute approximate surface area is 401 Å². The van der Waals surface area contributed by atoms with Crippen molar-refractivity contribution in [3.63, 3.8) is 0 Å². The number of halogens is 2. The van der Waals surface area contributed by atoms with Crippen LogP contribution in [0.15, 0.2) is 33.9 Å². The molecule has 0 fully saturated rings. The fourth-order valence-corrected chi connectivity index (χ4v) is 4.68. The van der Waals surface area contributed by atoms with Gasteiger partial charge in [0.2, 0.25) is 0 Å². The molecule has 0 unspecified atom stereocenters. The third kappa shape index (κ3) is 11.8. The number of fused-ring (bicyclic) bond motifs is 2. The molecule has 0 spiro atoms. The summed E-state index contributed by atoms with van der Waals surface area (Å²) in [5, 5.41) is 73.8. The number of nitro groups is 2. The molecule has 0 radical (unpaired) electrons. The van der Waals surface area contributed by atoms with Gasteiger partial charge in [-0.3, -0.25) is 57.7 Å². The number of nitro benzene ring substituents is 2. The largest absolute Gasteiger partial charge is 1.00 e. The number of carboxylic acids is 4. The number of aliphatic carboxylic acids is 4. The van der Waals surface area contributed by atoms with Crippen LogP contribution < -0.4 is 159 Å². The van der Waals surface area contributed by atoms with E-state index in [1.807, 2.05) is 0 Å². The van der Waals surface area contributed by atoms with Gasteiger partial charge in [-0.1, -0.05) is 23.2 Å². The Morgan fingerprint density at radius 1 is 0.580 bits per heavy atom. The van der Waals surface area contributed by atoms with E-state index < -0.39 is 88.8 Å². The number of hydrogen-bond acceptors (Lipinski definition) is 13. The smallest absolute Gasteiger partial charge is 0.652 e. The Kier molecular flexibility index (Phi) is 19.6. The molecule has 0 aliphatic rings. The molecule has 4 rings (SSSR count).